The zero-order valence-electron chi connectivity index (χ0n) is 13.3. The van der Waals surface area contributed by atoms with Crippen molar-refractivity contribution in [3.05, 3.63) is 59.4 Å². The van der Waals surface area contributed by atoms with Crippen LogP contribution in [-0.4, -0.2) is 24.5 Å². The van der Waals surface area contributed by atoms with Crippen LogP contribution in [0.1, 0.15) is 41.4 Å². The first-order valence-corrected chi connectivity index (χ1v) is 7.48. The van der Waals surface area contributed by atoms with Gasteiger partial charge in [0.15, 0.2) is 0 Å². The van der Waals surface area contributed by atoms with Crippen LogP contribution in [0.25, 0.3) is 0 Å². The van der Waals surface area contributed by atoms with Gasteiger partial charge in [-0.2, -0.15) is 0 Å². The Balaban J connectivity index is 1.95. The van der Waals surface area contributed by atoms with Crippen molar-refractivity contribution in [2.24, 2.45) is 0 Å². The van der Waals surface area contributed by atoms with Crippen LogP contribution < -0.4 is 10.1 Å². The van der Waals surface area contributed by atoms with Crippen LogP contribution in [0.3, 0.4) is 0 Å². The third-order valence-electron chi connectivity index (χ3n) is 3.56. The number of nitrogens with zero attached hydrogens (tertiary/aromatic N) is 1. The molecule has 1 N–H and O–H groups in total. The van der Waals surface area contributed by atoms with Crippen LogP contribution in [-0.2, 0) is 6.42 Å². The van der Waals surface area contributed by atoms with E-state index in [-0.39, 0.29) is 5.91 Å². The van der Waals surface area contributed by atoms with Gasteiger partial charge in [-0.1, -0.05) is 32.0 Å². The van der Waals surface area contributed by atoms with Crippen LogP contribution in [0.2, 0.25) is 0 Å². The number of benzene rings is 1. The number of carbonyl (C=O) groups excluding carboxylic acids is 1. The molecule has 0 radical (unpaired) electrons. The van der Waals surface area contributed by atoms with E-state index in [4.69, 9.17) is 4.74 Å². The number of aromatic nitrogens is 1. The van der Waals surface area contributed by atoms with E-state index in [0.717, 1.165) is 17.7 Å². The number of hydrogen-bond donors (Lipinski definition) is 1. The van der Waals surface area contributed by atoms with Gasteiger partial charge in [0.25, 0.3) is 5.91 Å². The van der Waals surface area contributed by atoms with E-state index in [1.807, 2.05) is 0 Å². The van der Waals surface area contributed by atoms with Gasteiger partial charge in [0.2, 0.25) is 0 Å². The van der Waals surface area contributed by atoms with Gasteiger partial charge >= 0.3 is 0 Å². The molecular formula is C18H22N2O2. The molecule has 1 aromatic heterocycles. The topological polar surface area (TPSA) is 51.2 Å². The molecule has 4 nitrogen and oxygen atoms in total. The predicted molar refractivity (Wildman–Crippen MR) is 87.4 cm³/mol. The van der Waals surface area contributed by atoms with E-state index < -0.39 is 0 Å². The zero-order valence-corrected chi connectivity index (χ0v) is 13.3. The third kappa shape index (κ3) is 4.07. The molecule has 2 rings (SSSR count). The summed E-state index contributed by atoms with van der Waals surface area (Å²) in [6.45, 7) is 4.86. The lowest BCUT2D eigenvalue weighted by Crippen LogP contribution is -2.26. The second kappa shape index (κ2) is 7.59. The highest BCUT2D eigenvalue weighted by molar-refractivity contribution is 5.92. The molecule has 1 aromatic carbocycles. The quantitative estimate of drug-likeness (QED) is 0.891. The standard InChI is InChI=1S/C18H22N2O2/c1-13(2)15-8-7-14(17(12-15)22-3)9-11-20-18(21)16-6-4-5-10-19-16/h4-8,10,12-13H,9,11H2,1-3H3,(H,20,21). The van der Waals surface area contributed by atoms with Crippen molar-refractivity contribution in [2.45, 2.75) is 26.2 Å². The van der Waals surface area contributed by atoms with E-state index in [2.05, 4.69) is 42.3 Å². The summed E-state index contributed by atoms with van der Waals surface area (Å²) in [5.41, 5.74) is 2.77. The average molecular weight is 298 g/mol. The number of methoxy groups -OCH3 is 1. The highest BCUT2D eigenvalue weighted by atomic mass is 16.5. The highest BCUT2D eigenvalue weighted by Crippen LogP contribution is 2.24. The minimum Gasteiger partial charge on any atom is -0.496 e. The lowest BCUT2D eigenvalue weighted by atomic mass is 10.00. The first-order valence-electron chi connectivity index (χ1n) is 7.48. The fourth-order valence-electron chi connectivity index (χ4n) is 2.23. The maximum Gasteiger partial charge on any atom is 0.269 e. The number of rotatable bonds is 6. The van der Waals surface area contributed by atoms with E-state index in [1.54, 1.807) is 31.5 Å². The summed E-state index contributed by atoms with van der Waals surface area (Å²) in [4.78, 5) is 16.0. The van der Waals surface area contributed by atoms with Gasteiger partial charge in [-0.15, -0.1) is 0 Å². The Labute approximate surface area is 131 Å². The van der Waals surface area contributed by atoms with E-state index >= 15 is 0 Å². The van der Waals surface area contributed by atoms with Crippen molar-refractivity contribution in [1.82, 2.24) is 10.3 Å². The maximum atomic E-state index is 11.9. The van der Waals surface area contributed by atoms with Crippen LogP contribution in [0.5, 0.6) is 5.75 Å². The van der Waals surface area contributed by atoms with E-state index in [9.17, 15) is 4.79 Å². The number of pyridine rings is 1. The Morgan fingerprint density at radius 2 is 2.09 bits per heavy atom. The molecule has 0 unspecified atom stereocenters. The van der Waals surface area contributed by atoms with Crippen molar-refractivity contribution in [3.8, 4) is 5.75 Å². The molecule has 0 spiro atoms. The van der Waals surface area contributed by atoms with Crippen molar-refractivity contribution in [3.63, 3.8) is 0 Å². The molecule has 2 aromatic rings. The van der Waals surface area contributed by atoms with Crippen molar-refractivity contribution >= 4 is 5.91 Å². The Morgan fingerprint density at radius 1 is 1.27 bits per heavy atom. The fourth-order valence-corrected chi connectivity index (χ4v) is 2.23. The minimum atomic E-state index is -0.154. The molecule has 1 heterocycles. The Hall–Kier alpha value is -2.36. The van der Waals surface area contributed by atoms with Gasteiger partial charge < -0.3 is 10.1 Å². The molecule has 22 heavy (non-hydrogen) atoms. The zero-order chi connectivity index (χ0) is 15.9. The summed E-state index contributed by atoms with van der Waals surface area (Å²) < 4.78 is 5.45. The smallest absolute Gasteiger partial charge is 0.269 e. The summed E-state index contributed by atoms with van der Waals surface area (Å²) in [5, 5.41) is 2.88. The molecule has 4 heteroatoms. The molecule has 0 bridgehead atoms. The van der Waals surface area contributed by atoms with Gasteiger partial charge in [0.1, 0.15) is 11.4 Å². The second-order valence-electron chi connectivity index (χ2n) is 5.45. The summed E-state index contributed by atoms with van der Waals surface area (Å²) in [6.07, 6.45) is 2.34. The minimum absolute atomic E-state index is 0.154. The summed E-state index contributed by atoms with van der Waals surface area (Å²) in [7, 11) is 1.68. The number of hydrogen-bond acceptors (Lipinski definition) is 3. The molecule has 1 amide bonds. The summed E-state index contributed by atoms with van der Waals surface area (Å²) in [6, 6.07) is 11.5. The SMILES string of the molecule is COc1cc(C(C)C)ccc1CCNC(=O)c1ccccn1. The van der Waals surface area contributed by atoms with Gasteiger partial charge in [0.05, 0.1) is 7.11 Å². The van der Waals surface area contributed by atoms with Crippen molar-refractivity contribution < 1.29 is 9.53 Å². The molecule has 0 atom stereocenters. The van der Waals surface area contributed by atoms with Crippen LogP contribution >= 0.6 is 0 Å². The lowest BCUT2D eigenvalue weighted by Gasteiger charge is -2.13. The Kier molecular flexibility index (Phi) is 5.53. The molecule has 0 fully saturated rings. The Morgan fingerprint density at radius 3 is 2.73 bits per heavy atom. The van der Waals surface area contributed by atoms with Gasteiger partial charge in [-0.3, -0.25) is 9.78 Å². The van der Waals surface area contributed by atoms with Gasteiger partial charge in [-0.25, -0.2) is 0 Å². The van der Waals surface area contributed by atoms with Crippen LogP contribution in [0.15, 0.2) is 42.6 Å². The summed E-state index contributed by atoms with van der Waals surface area (Å²) >= 11 is 0. The lowest BCUT2D eigenvalue weighted by molar-refractivity contribution is 0.0949. The first kappa shape index (κ1) is 16.0. The molecule has 0 saturated heterocycles. The van der Waals surface area contributed by atoms with Crippen LogP contribution in [0.4, 0.5) is 0 Å². The summed E-state index contributed by atoms with van der Waals surface area (Å²) in [5.74, 6) is 1.18. The maximum absolute atomic E-state index is 11.9. The first-order chi connectivity index (χ1) is 10.6. The molecule has 0 aliphatic rings. The van der Waals surface area contributed by atoms with E-state index in [1.165, 1.54) is 5.56 Å². The highest BCUT2D eigenvalue weighted by Gasteiger charge is 2.09. The number of ether oxygens (including phenoxy) is 1. The van der Waals surface area contributed by atoms with Crippen molar-refractivity contribution in [1.29, 1.82) is 0 Å². The molecular weight excluding hydrogens is 276 g/mol. The monoisotopic (exact) mass is 298 g/mol. The van der Waals surface area contributed by atoms with Crippen LogP contribution in [0, 0.1) is 0 Å². The Bertz CT molecular complexity index is 624. The number of carbonyl (C=O) groups is 1. The molecule has 0 saturated carbocycles. The normalized spacial score (nSPS) is 10.5. The van der Waals surface area contributed by atoms with Gasteiger partial charge in [-0.05, 0) is 41.7 Å². The molecule has 0 aliphatic heterocycles. The largest absolute Gasteiger partial charge is 0.496 e. The number of nitrogens with one attached hydrogen (secondary N) is 1. The second-order valence-corrected chi connectivity index (χ2v) is 5.45. The number of amides is 1. The predicted octanol–water partition coefficient (Wildman–Crippen LogP) is 3.19. The third-order valence-corrected chi connectivity index (χ3v) is 3.56. The van der Waals surface area contributed by atoms with E-state index in [0.29, 0.717) is 18.2 Å². The van der Waals surface area contributed by atoms with Crippen molar-refractivity contribution in [2.75, 3.05) is 13.7 Å². The fraction of sp³-hybridized carbons (Fsp3) is 0.333. The average Bonchev–Trinajstić information content (AvgIpc) is 2.55. The van der Waals surface area contributed by atoms with Gasteiger partial charge in [0, 0.05) is 12.7 Å². The molecule has 116 valence electrons. The molecule has 0 aliphatic carbocycles.